The zero-order chi connectivity index (χ0) is 12.5. The predicted molar refractivity (Wildman–Crippen MR) is 74.5 cm³/mol. The lowest BCUT2D eigenvalue weighted by atomic mass is 10.1. The third-order valence-electron chi connectivity index (χ3n) is 2.51. The van der Waals surface area contributed by atoms with Crippen molar-refractivity contribution in [2.75, 3.05) is 6.61 Å². The Morgan fingerprint density at radius 1 is 1.24 bits per heavy atom. The van der Waals surface area contributed by atoms with Crippen molar-refractivity contribution in [2.24, 2.45) is 0 Å². The number of aryl methyl sites for hydroxylation is 1. The lowest BCUT2D eigenvalue weighted by molar-refractivity contribution is 0.347. The van der Waals surface area contributed by atoms with Gasteiger partial charge in [-0.05, 0) is 43.0 Å². The Morgan fingerprint density at radius 2 is 2.06 bits per heavy atom. The van der Waals surface area contributed by atoms with Crippen LogP contribution >= 0.6 is 0 Å². The third kappa shape index (κ3) is 4.90. The molecule has 92 valence electrons. The van der Waals surface area contributed by atoms with Crippen LogP contribution in [0.5, 0.6) is 5.75 Å². The van der Waals surface area contributed by atoms with E-state index in [1.54, 1.807) is 0 Å². The molecular weight excluding hydrogens is 208 g/mol. The molecule has 0 N–H and O–H groups in total. The first kappa shape index (κ1) is 13.6. The van der Waals surface area contributed by atoms with Gasteiger partial charge in [0.15, 0.2) is 0 Å². The average Bonchev–Trinajstić information content (AvgIpc) is 2.40. The van der Waals surface area contributed by atoms with Crippen molar-refractivity contribution < 1.29 is 4.74 Å². The zero-order valence-corrected chi connectivity index (χ0v) is 11.1. The van der Waals surface area contributed by atoms with Crippen LogP contribution < -0.4 is 4.74 Å². The molecule has 0 heterocycles. The molecule has 0 amide bonds. The van der Waals surface area contributed by atoms with E-state index in [1.165, 1.54) is 11.1 Å². The smallest absolute Gasteiger partial charge is 0.120 e. The third-order valence-corrected chi connectivity index (χ3v) is 2.51. The molecule has 0 radical (unpaired) electrons. The number of hydrogen-bond donors (Lipinski definition) is 0. The van der Waals surface area contributed by atoms with E-state index in [0.29, 0.717) is 6.61 Å². The summed E-state index contributed by atoms with van der Waals surface area (Å²) < 4.78 is 5.72. The molecule has 1 heteroatoms. The standard InChI is InChI=1S/C14H16O.C2H6/c1-12-6-5-9-14(10-12)15-11-13-7-3-2-4-8-13;1-2/h2-3,5-7,9-10H,4,8,11H2,1H3;1-2H3. The van der Waals surface area contributed by atoms with Crippen molar-refractivity contribution in [1.29, 1.82) is 0 Å². The first-order chi connectivity index (χ1) is 8.34. The Morgan fingerprint density at radius 3 is 2.71 bits per heavy atom. The van der Waals surface area contributed by atoms with Gasteiger partial charge >= 0.3 is 0 Å². The molecule has 0 bridgehead atoms. The minimum Gasteiger partial charge on any atom is -0.489 e. The molecule has 0 aliphatic heterocycles. The van der Waals surface area contributed by atoms with E-state index in [-0.39, 0.29) is 0 Å². The maximum absolute atomic E-state index is 5.72. The Labute approximate surface area is 105 Å². The van der Waals surface area contributed by atoms with Crippen molar-refractivity contribution in [3.8, 4) is 5.75 Å². The largest absolute Gasteiger partial charge is 0.489 e. The van der Waals surface area contributed by atoms with Gasteiger partial charge in [-0.15, -0.1) is 0 Å². The second-order valence-electron chi connectivity index (χ2n) is 3.90. The fourth-order valence-electron chi connectivity index (χ4n) is 1.65. The predicted octanol–water partition coefficient (Wildman–Crippen LogP) is 4.68. The van der Waals surface area contributed by atoms with Gasteiger partial charge in [0, 0.05) is 0 Å². The molecule has 17 heavy (non-hydrogen) atoms. The van der Waals surface area contributed by atoms with Gasteiger partial charge in [-0.1, -0.05) is 44.2 Å². The topological polar surface area (TPSA) is 9.23 Å². The summed E-state index contributed by atoms with van der Waals surface area (Å²) in [5.41, 5.74) is 2.61. The number of allylic oxidation sites excluding steroid dienone is 3. The maximum atomic E-state index is 5.72. The second-order valence-corrected chi connectivity index (χ2v) is 3.90. The van der Waals surface area contributed by atoms with E-state index >= 15 is 0 Å². The van der Waals surface area contributed by atoms with Gasteiger partial charge < -0.3 is 4.74 Å². The van der Waals surface area contributed by atoms with E-state index < -0.39 is 0 Å². The van der Waals surface area contributed by atoms with Crippen LogP contribution in [-0.4, -0.2) is 6.61 Å². The van der Waals surface area contributed by atoms with Gasteiger partial charge in [0.1, 0.15) is 12.4 Å². The second kappa shape index (κ2) is 7.72. The molecule has 1 aliphatic rings. The van der Waals surface area contributed by atoms with Crippen molar-refractivity contribution >= 4 is 0 Å². The van der Waals surface area contributed by atoms with Crippen molar-refractivity contribution in [3.63, 3.8) is 0 Å². The average molecular weight is 230 g/mol. The van der Waals surface area contributed by atoms with Crippen LogP contribution in [0.25, 0.3) is 0 Å². The Hall–Kier alpha value is -1.50. The lowest BCUT2D eigenvalue weighted by Gasteiger charge is -2.11. The molecule has 1 aromatic rings. The summed E-state index contributed by atoms with van der Waals surface area (Å²) >= 11 is 0. The molecule has 1 aliphatic carbocycles. The van der Waals surface area contributed by atoms with Gasteiger partial charge in [-0.3, -0.25) is 0 Å². The molecule has 0 unspecified atom stereocenters. The lowest BCUT2D eigenvalue weighted by Crippen LogP contribution is -2.02. The first-order valence-corrected chi connectivity index (χ1v) is 6.38. The number of rotatable bonds is 3. The highest BCUT2D eigenvalue weighted by atomic mass is 16.5. The number of hydrogen-bond acceptors (Lipinski definition) is 1. The van der Waals surface area contributed by atoms with Gasteiger partial charge in [0.25, 0.3) is 0 Å². The molecular formula is C16H22O. The summed E-state index contributed by atoms with van der Waals surface area (Å²) in [6.07, 6.45) is 8.72. The van der Waals surface area contributed by atoms with E-state index in [4.69, 9.17) is 4.74 Å². The van der Waals surface area contributed by atoms with Crippen molar-refractivity contribution in [3.05, 3.63) is 53.6 Å². The molecule has 1 nitrogen and oxygen atoms in total. The summed E-state index contributed by atoms with van der Waals surface area (Å²) in [7, 11) is 0. The normalized spacial score (nSPS) is 13.5. The van der Waals surface area contributed by atoms with E-state index in [0.717, 1.165) is 18.6 Å². The zero-order valence-electron chi connectivity index (χ0n) is 11.1. The molecule has 0 saturated carbocycles. The maximum Gasteiger partial charge on any atom is 0.120 e. The minimum atomic E-state index is 0.716. The highest BCUT2D eigenvalue weighted by molar-refractivity contribution is 5.28. The molecule has 0 fully saturated rings. The fourth-order valence-corrected chi connectivity index (χ4v) is 1.65. The Kier molecular flexibility index (Phi) is 6.16. The first-order valence-electron chi connectivity index (χ1n) is 6.38. The quantitative estimate of drug-likeness (QED) is 0.732. The summed E-state index contributed by atoms with van der Waals surface area (Å²) in [5, 5.41) is 0. The summed E-state index contributed by atoms with van der Waals surface area (Å²) in [4.78, 5) is 0. The van der Waals surface area contributed by atoms with Crippen LogP contribution in [0.4, 0.5) is 0 Å². The van der Waals surface area contributed by atoms with Gasteiger partial charge in [0.2, 0.25) is 0 Å². The summed E-state index contributed by atoms with van der Waals surface area (Å²) in [6.45, 7) is 6.79. The highest BCUT2D eigenvalue weighted by Crippen LogP contribution is 2.16. The van der Waals surface area contributed by atoms with E-state index in [1.807, 2.05) is 26.0 Å². The Bertz CT molecular complexity index is 388. The van der Waals surface area contributed by atoms with Crippen LogP contribution in [-0.2, 0) is 0 Å². The van der Waals surface area contributed by atoms with Crippen molar-refractivity contribution in [1.82, 2.24) is 0 Å². The van der Waals surface area contributed by atoms with Crippen LogP contribution in [0.1, 0.15) is 32.3 Å². The molecule has 0 saturated heterocycles. The van der Waals surface area contributed by atoms with Crippen LogP contribution in [0, 0.1) is 6.92 Å². The summed E-state index contributed by atoms with van der Waals surface area (Å²) in [5.74, 6) is 0.963. The fraction of sp³-hybridized carbons (Fsp3) is 0.375. The monoisotopic (exact) mass is 230 g/mol. The van der Waals surface area contributed by atoms with E-state index in [2.05, 4.69) is 37.3 Å². The van der Waals surface area contributed by atoms with Crippen molar-refractivity contribution in [2.45, 2.75) is 33.6 Å². The Balaban J connectivity index is 0.000000686. The van der Waals surface area contributed by atoms with Crippen LogP contribution in [0.3, 0.4) is 0 Å². The SMILES string of the molecule is CC.Cc1cccc(OCC2=CC=CCC2)c1. The molecule has 0 spiro atoms. The highest BCUT2D eigenvalue weighted by Gasteiger charge is 2.00. The van der Waals surface area contributed by atoms with E-state index in [9.17, 15) is 0 Å². The molecule has 2 rings (SSSR count). The molecule has 0 aromatic heterocycles. The molecule has 0 atom stereocenters. The van der Waals surface area contributed by atoms with Gasteiger partial charge in [-0.25, -0.2) is 0 Å². The van der Waals surface area contributed by atoms with Crippen LogP contribution in [0.15, 0.2) is 48.1 Å². The number of ether oxygens (including phenoxy) is 1. The molecule has 1 aromatic carbocycles. The number of benzene rings is 1. The summed E-state index contributed by atoms with van der Waals surface area (Å²) in [6, 6.07) is 8.18. The van der Waals surface area contributed by atoms with Gasteiger partial charge in [0.05, 0.1) is 0 Å². The minimum absolute atomic E-state index is 0.716. The van der Waals surface area contributed by atoms with Gasteiger partial charge in [-0.2, -0.15) is 0 Å². The van der Waals surface area contributed by atoms with Crippen LogP contribution in [0.2, 0.25) is 0 Å².